The molecule has 2 fully saturated rings. The topological polar surface area (TPSA) is 50.2 Å². The number of halogens is 1. The molecule has 150 valence electrons. The molecule has 0 radical (unpaired) electrons. The van der Waals surface area contributed by atoms with Gasteiger partial charge in [-0.05, 0) is 77.1 Å². The summed E-state index contributed by atoms with van der Waals surface area (Å²) in [7, 11) is 0. The van der Waals surface area contributed by atoms with Crippen LogP contribution in [0.1, 0.15) is 75.0 Å². The second kappa shape index (κ2) is 7.22. The van der Waals surface area contributed by atoms with Crippen LogP contribution in [0.5, 0.6) is 0 Å². The van der Waals surface area contributed by atoms with E-state index in [0.717, 1.165) is 50.2 Å². The molecule has 1 amide bonds. The molecule has 1 saturated heterocycles. The molecular formula is C22H29FN4O. The van der Waals surface area contributed by atoms with Gasteiger partial charge in [0.2, 0.25) is 0 Å². The Bertz CT molecular complexity index is 873. The summed E-state index contributed by atoms with van der Waals surface area (Å²) in [5.74, 6) is -0.143. The Kier molecular flexibility index (Phi) is 4.89. The van der Waals surface area contributed by atoms with Crippen molar-refractivity contribution in [3.05, 3.63) is 41.5 Å². The number of nitrogens with one attached hydrogen (secondary N) is 1. The van der Waals surface area contributed by atoms with E-state index in [4.69, 9.17) is 0 Å². The Hall–Kier alpha value is -2.37. The maximum Gasteiger partial charge on any atom is 0.276 e. The summed E-state index contributed by atoms with van der Waals surface area (Å²) in [6.07, 6.45) is 5.74. The van der Waals surface area contributed by atoms with Crippen molar-refractivity contribution >= 4 is 17.3 Å². The fraction of sp³-hybridized carbons (Fsp3) is 0.545. The van der Waals surface area contributed by atoms with Crippen LogP contribution in [0.4, 0.5) is 15.8 Å². The van der Waals surface area contributed by atoms with Gasteiger partial charge in [-0.1, -0.05) is 0 Å². The smallest absolute Gasteiger partial charge is 0.276 e. The lowest BCUT2D eigenvalue weighted by Crippen LogP contribution is -2.30. The van der Waals surface area contributed by atoms with Gasteiger partial charge in [0.25, 0.3) is 5.91 Å². The van der Waals surface area contributed by atoms with Gasteiger partial charge >= 0.3 is 0 Å². The first-order valence-electron chi connectivity index (χ1n) is 10.3. The van der Waals surface area contributed by atoms with E-state index >= 15 is 0 Å². The number of hydrogen-bond donors (Lipinski definition) is 1. The van der Waals surface area contributed by atoms with Gasteiger partial charge in [-0.2, -0.15) is 5.10 Å². The highest BCUT2D eigenvalue weighted by atomic mass is 19.1. The van der Waals surface area contributed by atoms with Crippen LogP contribution in [0.2, 0.25) is 0 Å². The monoisotopic (exact) mass is 384 g/mol. The average Bonchev–Trinajstić information content (AvgIpc) is 3.39. The van der Waals surface area contributed by atoms with Crippen LogP contribution in [0.15, 0.2) is 24.3 Å². The van der Waals surface area contributed by atoms with Crippen molar-refractivity contribution in [3.8, 4) is 0 Å². The number of rotatable bonds is 4. The number of piperidine rings is 1. The second-order valence-corrected chi connectivity index (χ2v) is 8.97. The van der Waals surface area contributed by atoms with Crippen LogP contribution in [-0.4, -0.2) is 28.8 Å². The minimum absolute atomic E-state index is 0.186. The van der Waals surface area contributed by atoms with E-state index in [0.29, 0.717) is 17.3 Å². The number of amides is 1. The van der Waals surface area contributed by atoms with Crippen molar-refractivity contribution in [2.45, 2.75) is 64.3 Å². The first-order chi connectivity index (χ1) is 13.3. The summed E-state index contributed by atoms with van der Waals surface area (Å²) in [4.78, 5) is 15.2. The number of carbonyl (C=O) groups is 1. The van der Waals surface area contributed by atoms with E-state index < -0.39 is 0 Å². The number of anilines is 2. The number of benzene rings is 1. The second-order valence-electron chi connectivity index (χ2n) is 8.97. The summed E-state index contributed by atoms with van der Waals surface area (Å²) in [5, 5.41) is 7.52. The van der Waals surface area contributed by atoms with Gasteiger partial charge in [-0.3, -0.25) is 9.48 Å². The first-order valence-corrected chi connectivity index (χ1v) is 10.3. The van der Waals surface area contributed by atoms with Gasteiger partial charge in [-0.15, -0.1) is 0 Å². The Balaban J connectivity index is 1.61. The molecule has 28 heavy (non-hydrogen) atoms. The maximum atomic E-state index is 13.9. The molecule has 1 aromatic carbocycles. The van der Waals surface area contributed by atoms with Crippen molar-refractivity contribution in [1.29, 1.82) is 0 Å². The molecule has 0 bridgehead atoms. The molecule has 0 atom stereocenters. The quantitative estimate of drug-likeness (QED) is 0.816. The molecule has 2 heterocycles. The summed E-state index contributed by atoms with van der Waals surface area (Å²) < 4.78 is 15.9. The Morgan fingerprint density at radius 3 is 2.50 bits per heavy atom. The zero-order valence-corrected chi connectivity index (χ0v) is 17.0. The molecule has 4 rings (SSSR count). The van der Waals surface area contributed by atoms with E-state index in [-0.39, 0.29) is 17.3 Å². The molecule has 0 unspecified atom stereocenters. The van der Waals surface area contributed by atoms with Crippen LogP contribution in [0, 0.1) is 5.82 Å². The summed E-state index contributed by atoms with van der Waals surface area (Å²) in [5.41, 5.74) is 2.73. The molecule has 1 aliphatic heterocycles. The highest BCUT2D eigenvalue weighted by Gasteiger charge is 2.32. The van der Waals surface area contributed by atoms with Crippen molar-refractivity contribution < 1.29 is 9.18 Å². The molecule has 1 N–H and O–H groups in total. The Labute approximate surface area is 165 Å². The van der Waals surface area contributed by atoms with Crippen LogP contribution in [0.25, 0.3) is 0 Å². The molecule has 1 aromatic heterocycles. The first kappa shape index (κ1) is 19.0. The average molecular weight is 384 g/mol. The van der Waals surface area contributed by atoms with Crippen molar-refractivity contribution in [1.82, 2.24) is 9.78 Å². The van der Waals surface area contributed by atoms with Gasteiger partial charge in [-0.25, -0.2) is 4.39 Å². The molecule has 1 aliphatic carbocycles. The largest absolute Gasteiger partial charge is 0.370 e. The number of aromatic nitrogens is 2. The molecule has 2 aliphatic rings. The minimum atomic E-state index is -0.352. The number of hydrogen-bond acceptors (Lipinski definition) is 3. The third-order valence-corrected chi connectivity index (χ3v) is 5.50. The predicted octanol–water partition coefficient (Wildman–Crippen LogP) is 4.90. The Morgan fingerprint density at radius 2 is 1.86 bits per heavy atom. The van der Waals surface area contributed by atoms with Gasteiger partial charge < -0.3 is 10.2 Å². The third kappa shape index (κ3) is 3.91. The van der Waals surface area contributed by atoms with Gasteiger partial charge in [0, 0.05) is 24.7 Å². The SMILES string of the molecule is CC(C)(C)n1nc(C(=O)Nc2cc(F)ccc2N2CCCCC2)cc1C1CC1. The van der Waals surface area contributed by atoms with Crippen LogP contribution >= 0.6 is 0 Å². The summed E-state index contributed by atoms with van der Waals surface area (Å²) >= 11 is 0. The standard InChI is InChI=1S/C22H29FN4O/c1-22(2,3)27-20(15-7-8-15)14-18(25-27)21(28)24-17-13-16(23)9-10-19(17)26-11-5-4-6-12-26/h9-10,13-15H,4-8,11-12H2,1-3H3,(H,24,28). The normalized spacial score (nSPS) is 17.6. The summed E-state index contributed by atoms with van der Waals surface area (Å²) in [6.45, 7) is 8.13. The van der Waals surface area contributed by atoms with Crippen LogP contribution in [0.3, 0.4) is 0 Å². The fourth-order valence-electron chi connectivity index (χ4n) is 3.92. The van der Waals surface area contributed by atoms with E-state index in [1.807, 2.05) is 10.7 Å². The van der Waals surface area contributed by atoms with E-state index in [9.17, 15) is 9.18 Å². The van der Waals surface area contributed by atoms with E-state index in [1.165, 1.54) is 18.6 Å². The number of carbonyl (C=O) groups excluding carboxylic acids is 1. The molecule has 6 heteroatoms. The highest BCUT2D eigenvalue weighted by molar-refractivity contribution is 6.04. The van der Waals surface area contributed by atoms with Crippen molar-refractivity contribution in [3.63, 3.8) is 0 Å². The zero-order valence-electron chi connectivity index (χ0n) is 17.0. The predicted molar refractivity (Wildman–Crippen MR) is 110 cm³/mol. The molecule has 0 spiro atoms. The summed E-state index contributed by atoms with van der Waals surface area (Å²) in [6, 6.07) is 6.53. The fourth-order valence-corrected chi connectivity index (χ4v) is 3.92. The Morgan fingerprint density at radius 1 is 1.14 bits per heavy atom. The molecular weight excluding hydrogens is 355 g/mol. The minimum Gasteiger partial charge on any atom is -0.370 e. The lowest BCUT2D eigenvalue weighted by atomic mass is 10.1. The molecule has 2 aromatic rings. The third-order valence-electron chi connectivity index (χ3n) is 5.50. The van der Waals surface area contributed by atoms with E-state index in [2.05, 4.69) is 36.1 Å². The van der Waals surface area contributed by atoms with Gasteiger partial charge in [0.05, 0.1) is 16.9 Å². The van der Waals surface area contributed by atoms with Crippen molar-refractivity contribution in [2.24, 2.45) is 0 Å². The molecule has 5 nitrogen and oxygen atoms in total. The van der Waals surface area contributed by atoms with Crippen LogP contribution in [-0.2, 0) is 5.54 Å². The lowest BCUT2D eigenvalue weighted by molar-refractivity contribution is 0.102. The zero-order chi connectivity index (χ0) is 19.9. The maximum absolute atomic E-state index is 13.9. The number of nitrogens with zero attached hydrogens (tertiary/aromatic N) is 3. The van der Waals surface area contributed by atoms with E-state index in [1.54, 1.807) is 6.07 Å². The van der Waals surface area contributed by atoms with Crippen LogP contribution < -0.4 is 10.2 Å². The van der Waals surface area contributed by atoms with Gasteiger partial charge in [0.1, 0.15) is 5.82 Å². The van der Waals surface area contributed by atoms with Crippen molar-refractivity contribution in [2.75, 3.05) is 23.3 Å². The van der Waals surface area contributed by atoms with Gasteiger partial charge in [0.15, 0.2) is 5.69 Å². The molecule has 1 saturated carbocycles. The highest BCUT2D eigenvalue weighted by Crippen LogP contribution is 2.42. The lowest BCUT2D eigenvalue weighted by Gasteiger charge is -2.30.